The van der Waals surface area contributed by atoms with E-state index in [9.17, 15) is 9.59 Å². The number of aliphatic carboxylic acids is 1. The molecule has 1 saturated carbocycles. The highest BCUT2D eigenvalue weighted by atomic mass is 16.5. The molecule has 0 atom stereocenters. The lowest BCUT2D eigenvalue weighted by molar-refractivity contribution is -0.139. The van der Waals surface area contributed by atoms with Crippen LogP contribution in [-0.4, -0.2) is 65.3 Å². The predicted octanol–water partition coefficient (Wildman–Crippen LogP) is 1.96. The Bertz CT molecular complexity index is 811. The number of carbonyl (C=O) groups excluding carboxylic acids is 1. The summed E-state index contributed by atoms with van der Waals surface area (Å²) in [6.07, 6.45) is 3.46. The number of carboxylic acid groups (broad SMARTS) is 1. The average molecular weight is 373 g/mol. The minimum absolute atomic E-state index is 0.0504. The molecule has 2 aromatic rings. The molecular weight excluding hydrogens is 346 g/mol. The average Bonchev–Trinajstić information content (AvgIpc) is 2.99. The molecule has 1 amide bonds. The summed E-state index contributed by atoms with van der Waals surface area (Å²) in [6.45, 7) is 3.99. The largest absolute Gasteiger partial charge is 0.480 e. The maximum atomic E-state index is 12.8. The molecule has 1 aliphatic rings. The molecule has 0 spiro atoms. The van der Waals surface area contributed by atoms with Crippen molar-refractivity contribution >= 4 is 22.8 Å². The van der Waals surface area contributed by atoms with Gasteiger partial charge in [0.05, 0.1) is 18.7 Å². The van der Waals surface area contributed by atoms with E-state index in [0.29, 0.717) is 25.3 Å². The van der Waals surface area contributed by atoms with Crippen LogP contribution in [0.25, 0.3) is 10.9 Å². The number of hydrogen-bond donors (Lipinski definition) is 2. The number of nitrogens with one attached hydrogen (secondary N) is 1. The monoisotopic (exact) mass is 373 g/mol. The Hall–Kier alpha value is -2.38. The smallest absolute Gasteiger partial charge is 0.317 e. The molecule has 1 aliphatic carbocycles. The van der Waals surface area contributed by atoms with Crippen LogP contribution in [0, 0.1) is 0 Å². The first-order valence-electron chi connectivity index (χ1n) is 9.37. The van der Waals surface area contributed by atoms with Crippen molar-refractivity contribution in [2.24, 2.45) is 0 Å². The summed E-state index contributed by atoms with van der Waals surface area (Å²) in [5.74, 6) is -0.889. The zero-order valence-electron chi connectivity index (χ0n) is 15.9. The third kappa shape index (κ3) is 4.31. The second kappa shape index (κ2) is 8.54. The van der Waals surface area contributed by atoms with Crippen molar-refractivity contribution in [1.29, 1.82) is 0 Å². The minimum Gasteiger partial charge on any atom is -0.480 e. The van der Waals surface area contributed by atoms with Crippen LogP contribution in [0.1, 0.15) is 30.1 Å². The Morgan fingerprint density at radius 1 is 1.33 bits per heavy atom. The maximum absolute atomic E-state index is 12.8. The van der Waals surface area contributed by atoms with Gasteiger partial charge in [0.15, 0.2) is 0 Å². The van der Waals surface area contributed by atoms with Crippen molar-refractivity contribution in [3.63, 3.8) is 0 Å². The fourth-order valence-electron chi connectivity index (χ4n) is 3.74. The van der Waals surface area contributed by atoms with Gasteiger partial charge in [0.2, 0.25) is 0 Å². The Balaban J connectivity index is 1.65. The molecule has 3 rings (SSSR count). The zero-order chi connectivity index (χ0) is 19.4. The number of rotatable bonds is 9. The number of benzene rings is 1. The van der Waals surface area contributed by atoms with Crippen LogP contribution in [0.4, 0.5) is 0 Å². The number of carboxylic acids is 1. The summed E-state index contributed by atoms with van der Waals surface area (Å²) in [7, 11) is 1.66. The van der Waals surface area contributed by atoms with Gasteiger partial charge in [-0.15, -0.1) is 0 Å². The number of para-hydroxylation sites is 1. The molecule has 146 valence electrons. The molecule has 1 aromatic heterocycles. The molecule has 1 heterocycles. The Labute approximate surface area is 158 Å². The summed E-state index contributed by atoms with van der Waals surface area (Å²) < 4.78 is 7.20. The molecule has 1 fully saturated rings. The van der Waals surface area contributed by atoms with Gasteiger partial charge in [0, 0.05) is 42.8 Å². The summed E-state index contributed by atoms with van der Waals surface area (Å²) in [6, 6.07) is 8.18. The van der Waals surface area contributed by atoms with E-state index in [4.69, 9.17) is 9.84 Å². The molecule has 0 saturated heterocycles. The van der Waals surface area contributed by atoms with Crippen LogP contribution in [0.3, 0.4) is 0 Å². The number of carbonyl (C=O) groups is 2. The fourth-order valence-corrected chi connectivity index (χ4v) is 3.74. The minimum atomic E-state index is -0.812. The third-order valence-corrected chi connectivity index (χ3v) is 5.28. The molecule has 2 N–H and O–H groups in total. The standard InChI is InChI=1S/C20H27N3O4/c1-3-22(13-19(24)25)15-10-14(11-15)21-20(26)17-12-23(8-9-27-2)18-7-5-4-6-16(17)18/h4-7,12,14-15H,3,8-11,13H2,1-2H3,(H,21,26)(H,24,25). The van der Waals surface area contributed by atoms with Gasteiger partial charge in [-0.3, -0.25) is 14.5 Å². The summed E-state index contributed by atoms with van der Waals surface area (Å²) in [5, 5.41) is 13.0. The van der Waals surface area contributed by atoms with Crippen LogP contribution in [-0.2, 0) is 16.1 Å². The first kappa shape index (κ1) is 19.4. The summed E-state index contributed by atoms with van der Waals surface area (Å²) >= 11 is 0. The number of ether oxygens (including phenoxy) is 1. The van der Waals surface area contributed by atoms with Gasteiger partial charge in [-0.25, -0.2) is 0 Å². The number of methoxy groups -OCH3 is 1. The lowest BCUT2D eigenvalue weighted by Gasteiger charge is -2.42. The Kier molecular flexibility index (Phi) is 6.13. The van der Waals surface area contributed by atoms with Crippen LogP contribution in [0.5, 0.6) is 0 Å². The second-order valence-electron chi connectivity index (χ2n) is 7.00. The van der Waals surface area contributed by atoms with E-state index in [1.165, 1.54) is 0 Å². The molecule has 7 nitrogen and oxygen atoms in total. The van der Waals surface area contributed by atoms with Gasteiger partial charge in [-0.1, -0.05) is 25.1 Å². The number of aromatic nitrogens is 1. The lowest BCUT2D eigenvalue weighted by atomic mass is 9.85. The maximum Gasteiger partial charge on any atom is 0.317 e. The Morgan fingerprint density at radius 3 is 2.74 bits per heavy atom. The molecule has 1 aromatic carbocycles. The molecular formula is C20H27N3O4. The quantitative estimate of drug-likeness (QED) is 0.702. The summed E-state index contributed by atoms with van der Waals surface area (Å²) in [4.78, 5) is 25.7. The van der Waals surface area contributed by atoms with E-state index in [-0.39, 0.29) is 24.5 Å². The Morgan fingerprint density at radius 2 is 2.07 bits per heavy atom. The normalized spacial score (nSPS) is 19.2. The molecule has 27 heavy (non-hydrogen) atoms. The van der Waals surface area contributed by atoms with Crippen molar-refractivity contribution in [3.05, 3.63) is 36.0 Å². The number of likely N-dealkylation sites (N-methyl/N-ethyl adjacent to an activating group) is 1. The fraction of sp³-hybridized carbons (Fsp3) is 0.500. The van der Waals surface area contributed by atoms with Gasteiger partial charge >= 0.3 is 5.97 Å². The first-order chi connectivity index (χ1) is 13.0. The highest BCUT2D eigenvalue weighted by Gasteiger charge is 2.35. The SMILES string of the molecule is CCN(CC(=O)O)C1CC(NC(=O)c2cn(CCOC)c3ccccc23)C1. The van der Waals surface area contributed by atoms with E-state index in [2.05, 4.69) is 5.32 Å². The van der Waals surface area contributed by atoms with E-state index < -0.39 is 5.97 Å². The second-order valence-corrected chi connectivity index (χ2v) is 7.00. The van der Waals surface area contributed by atoms with Gasteiger partial charge in [0.25, 0.3) is 5.91 Å². The first-order valence-corrected chi connectivity index (χ1v) is 9.37. The van der Waals surface area contributed by atoms with Crippen LogP contribution in [0.15, 0.2) is 30.5 Å². The number of fused-ring (bicyclic) bond motifs is 1. The molecule has 7 heteroatoms. The van der Waals surface area contributed by atoms with Crippen LogP contribution < -0.4 is 5.32 Å². The van der Waals surface area contributed by atoms with Crippen molar-refractivity contribution in [2.45, 2.75) is 38.4 Å². The third-order valence-electron chi connectivity index (χ3n) is 5.28. The van der Waals surface area contributed by atoms with E-state index in [1.54, 1.807) is 7.11 Å². The highest BCUT2D eigenvalue weighted by Crippen LogP contribution is 2.27. The lowest BCUT2D eigenvalue weighted by Crippen LogP contribution is -2.54. The van der Waals surface area contributed by atoms with Gasteiger partial charge in [-0.05, 0) is 25.5 Å². The number of hydrogen-bond acceptors (Lipinski definition) is 4. The topological polar surface area (TPSA) is 83.8 Å². The van der Waals surface area contributed by atoms with Crippen molar-refractivity contribution in [2.75, 3.05) is 26.8 Å². The molecule has 0 bridgehead atoms. The van der Waals surface area contributed by atoms with Crippen molar-refractivity contribution in [3.8, 4) is 0 Å². The highest BCUT2D eigenvalue weighted by molar-refractivity contribution is 6.07. The molecule has 0 unspecified atom stereocenters. The number of amides is 1. The van der Waals surface area contributed by atoms with E-state index >= 15 is 0 Å². The van der Waals surface area contributed by atoms with Crippen molar-refractivity contribution < 1.29 is 19.4 Å². The van der Waals surface area contributed by atoms with Gasteiger partial charge < -0.3 is 19.7 Å². The van der Waals surface area contributed by atoms with Crippen LogP contribution >= 0.6 is 0 Å². The predicted molar refractivity (Wildman–Crippen MR) is 103 cm³/mol. The van der Waals surface area contributed by atoms with E-state index in [0.717, 1.165) is 23.7 Å². The van der Waals surface area contributed by atoms with Gasteiger partial charge in [0.1, 0.15) is 0 Å². The van der Waals surface area contributed by atoms with Crippen molar-refractivity contribution in [1.82, 2.24) is 14.8 Å². The number of nitrogens with zero attached hydrogens (tertiary/aromatic N) is 2. The van der Waals surface area contributed by atoms with Gasteiger partial charge in [-0.2, -0.15) is 0 Å². The molecule has 0 aliphatic heterocycles. The van der Waals surface area contributed by atoms with Crippen LogP contribution in [0.2, 0.25) is 0 Å². The van der Waals surface area contributed by atoms with E-state index in [1.807, 2.05) is 46.9 Å². The zero-order valence-corrected chi connectivity index (χ0v) is 15.9. The molecule has 0 radical (unpaired) electrons. The summed E-state index contributed by atoms with van der Waals surface area (Å²) in [5.41, 5.74) is 1.69.